The van der Waals surface area contributed by atoms with Gasteiger partial charge >= 0.3 is 0 Å². The molecule has 2 saturated carbocycles. The molecule has 0 aliphatic heterocycles. The minimum absolute atomic E-state index is 0.730. The summed E-state index contributed by atoms with van der Waals surface area (Å²) in [4.78, 5) is 2.39. The molecule has 0 atom stereocenters. The first kappa shape index (κ1) is 35.3. The Kier molecular flexibility index (Phi) is 11.9. The van der Waals surface area contributed by atoms with E-state index in [2.05, 4.69) is 193 Å². The molecular weight excluding hydrogens is 641 g/mol. The molecule has 2 fully saturated rings. The molecule has 0 heterocycles. The van der Waals surface area contributed by atoms with Gasteiger partial charge in [-0.2, -0.15) is 0 Å². The zero-order valence-electron chi connectivity index (χ0n) is 30.5. The summed E-state index contributed by atoms with van der Waals surface area (Å²) >= 11 is 0. The number of hydrogen-bond donors (Lipinski definition) is 1. The lowest BCUT2D eigenvalue weighted by Crippen LogP contribution is -2.17. The molecule has 0 aromatic heterocycles. The van der Waals surface area contributed by atoms with E-state index in [1.165, 1.54) is 77.5 Å². The maximum Gasteiger partial charge on any atom is 0.0487 e. The Morgan fingerprint density at radius 1 is 0.434 bits per heavy atom. The standard InChI is InChI=1S/C45H36N2.2C3H6/c1-2-34-14-9-11-22-44(34)45-23-12-10-17-39(45)33-47(42-20-7-4-8-21-42)43-30-26-37(27-31-43)38-18-13-19-41(32-38)46-40-28-24-36(25-29-40)35-15-5-3-6-16-35;2*1-2-3-1/h2-32,46H,1,33H2;2*1-3H2. The lowest BCUT2D eigenvalue weighted by molar-refractivity contribution is 0.977. The van der Waals surface area contributed by atoms with Crippen molar-refractivity contribution in [3.63, 3.8) is 0 Å². The van der Waals surface area contributed by atoms with E-state index in [0.717, 1.165) is 34.9 Å². The van der Waals surface area contributed by atoms with Crippen molar-refractivity contribution in [3.05, 3.63) is 200 Å². The minimum Gasteiger partial charge on any atom is -0.356 e. The molecule has 0 bridgehead atoms. The smallest absolute Gasteiger partial charge is 0.0487 e. The van der Waals surface area contributed by atoms with Gasteiger partial charge in [0.2, 0.25) is 0 Å². The summed E-state index contributed by atoms with van der Waals surface area (Å²) in [7, 11) is 0. The van der Waals surface area contributed by atoms with Crippen LogP contribution in [0.4, 0.5) is 22.7 Å². The number of anilines is 4. The molecule has 0 amide bonds. The molecule has 2 nitrogen and oxygen atoms in total. The Labute approximate surface area is 316 Å². The van der Waals surface area contributed by atoms with Crippen molar-refractivity contribution in [2.45, 2.75) is 45.1 Å². The Morgan fingerprint density at radius 3 is 1.60 bits per heavy atom. The predicted molar refractivity (Wildman–Crippen MR) is 229 cm³/mol. The van der Waals surface area contributed by atoms with E-state index >= 15 is 0 Å². The van der Waals surface area contributed by atoms with Crippen LogP contribution in [0.5, 0.6) is 0 Å². The quantitative estimate of drug-likeness (QED) is 0.154. The first-order valence-corrected chi connectivity index (χ1v) is 19.0. The third-order valence-corrected chi connectivity index (χ3v) is 9.25. The average molecular weight is 689 g/mol. The minimum atomic E-state index is 0.730. The van der Waals surface area contributed by atoms with Crippen molar-refractivity contribution in [1.82, 2.24) is 0 Å². The van der Waals surface area contributed by atoms with E-state index in [9.17, 15) is 0 Å². The Morgan fingerprint density at radius 2 is 0.943 bits per heavy atom. The van der Waals surface area contributed by atoms with E-state index < -0.39 is 0 Å². The monoisotopic (exact) mass is 688 g/mol. The molecule has 0 saturated heterocycles. The number of hydrogen-bond acceptors (Lipinski definition) is 2. The summed E-state index contributed by atoms with van der Waals surface area (Å²) in [5.74, 6) is 0. The van der Waals surface area contributed by atoms with Gasteiger partial charge in [0.15, 0.2) is 0 Å². The topological polar surface area (TPSA) is 15.3 Å². The van der Waals surface area contributed by atoms with Gasteiger partial charge in [-0.3, -0.25) is 0 Å². The molecular formula is C51H48N2. The second kappa shape index (κ2) is 17.9. The van der Waals surface area contributed by atoms with E-state index in [-0.39, 0.29) is 0 Å². The predicted octanol–water partition coefficient (Wildman–Crippen LogP) is 14.8. The Bertz CT molecular complexity index is 2170. The second-order valence-electron chi connectivity index (χ2n) is 13.7. The summed E-state index contributed by atoms with van der Waals surface area (Å²) in [5, 5.41) is 3.58. The molecule has 2 aliphatic carbocycles. The number of benzene rings is 7. The van der Waals surface area contributed by atoms with Crippen molar-refractivity contribution in [2.24, 2.45) is 0 Å². The van der Waals surface area contributed by atoms with Crippen LogP contribution in [0.2, 0.25) is 0 Å². The highest BCUT2D eigenvalue weighted by Gasteiger charge is 2.15. The molecule has 7 aromatic rings. The van der Waals surface area contributed by atoms with Gasteiger partial charge in [-0.15, -0.1) is 0 Å². The van der Waals surface area contributed by atoms with E-state index in [4.69, 9.17) is 0 Å². The van der Waals surface area contributed by atoms with Gasteiger partial charge in [0.05, 0.1) is 0 Å². The van der Waals surface area contributed by atoms with Gasteiger partial charge in [-0.1, -0.05) is 185 Å². The molecule has 2 aliphatic rings. The van der Waals surface area contributed by atoms with Crippen LogP contribution in [0.1, 0.15) is 49.7 Å². The third kappa shape index (κ3) is 10.0. The number of rotatable bonds is 10. The summed E-state index contributed by atoms with van der Waals surface area (Å²) in [6, 6.07) is 64.3. The fraction of sp³-hybridized carbons (Fsp3) is 0.137. The lowest BCUT2D eigenvalue weighted by Gasteiger charge is -2.27. The molecule has 262 valence electrons. The molecule has 9 rings (SSSR count). The summed E-state index contributed by atoms with van der Waals surface area (Å²) in [6.45, 7) is 4.79. The second-order valence-corrected chi connectivity index (χ2v) is 13.7. The maximum atomic E-state index is 4.06. The Hall–Kier alpha value is -6.12. The van der Waals surface area contributed by atoms with Crippen LogP contribution in [-0.2, 0) is 6.54 Å². The highest BCUT2D eigenvalue weighted by Crippen LogP contribution is 2.35. The highest BCUT2D eigenvalue weighted by molar-refractivity contribution is 5.79. The van der Waals surface area contributed by atoms with Gasteiger partial charge in [-0.05, 0) is 93.0 Å². The van der Waals surface area contributed by atoms with Crippen LogP contribution in [-0.4, -0.2) is 0 Å². The van der Waals surface area contributed by atoms with Gasteiger partial charge in [0.25, 0.3) is 0 Å². The molecule has 7 aromatic carbocycles. The molecule has 1 N–H and O–H groups in total. The van der Waals surface area contributed by atoms with Crippen LogP contribution < -0.4 is 10.2 Å². The Balaban J connectivity index is 0.000000660. The van der Waals surface area contributed by atoms with Crippen LogP contribution in [0.15, 0.2) is 189 Å². The molecule has 0 spiro atoms. The van der Waals surface area contributed by atoms with Gasteiger partial charge in [-0.25, -0.2) is 0 Å². The van der Waals surface area contributed by atoms with Crippen molar-refractivity contribution in [1.29, 1.82) is 0 Å². The van der Waals surface area contributed by atoms with Crippen LogP contribution in [0.3, 0.4) is 0 Å². The number of nitrogens with zero attached hydrogens (tertiary/aromatic N) is 1. The summed E-state index contributed by atoms with van der Waals surface area (Å²) in [6.07, 6.45) is 10.9. The molecule has 0 unspecified atom stereocenters. The van der Waals surface area contributed by atoms with Crippen molar-refractivity contribution < 1.29 is 0 Å². The van der Waals surface area contributed by atoms with Gasteiger partial charge in [0.1, 0.15) is 0 Å². The van der Waals surface area contributed by atoms with Crippen LogP contribution in [0, 0.1) is 0 Å². The number of nitrogens with one attached hydrogen (secondary N) is 1. The zero-order chi connectivity index (χ0) is 36.1. The van der Waals surface area contributed by atoms with E-state index in [1.807, 2.05) is 12.1 Å². The van der Waals surface area contributed by atoms with E-state index in [0.29, 0.717) is 0 Å². The molecule has 0 radical (unpaired) electrons. The van der Waals surface area contributed by atoms with Crippen molar-refractivity contribution in [2.75, 3.05) is 10.2 Å². The highest BCUT2D eigenvalue weighted by atomic mass is 15.1. The largest absolute Gasteiger partial charge is 0.356 e. The van der Waals surface area contributed by atoms with Gasteiger partial charge in [0, 0.05) is 29.3 Å². The van der Waals surface area contributed by atoms with Crippen molar-refractivity contribution >= 4 is 28.8 Å². The van der Waals surface area contributed by atoms with E-state index in [1.54, 1.807) is 0 Å². The van der Waals surface area contributed by atoms with Crippen LogP contribution >= 0.6 is 0 Å². The molecule has 53 heavy (non-hydrogen) atoms. The average Bonchev–Trinajstić information content (AvgIpc) is 4.14. The fourth-order valence-corrected chi connectivity index (χ4v) is 6.10. The van der Waals surface area contributed by atoms with Gasteiger partial charge < -0.3 is 10.2 Å². The SMILES string of the molecule is C1CC1.C1CC1.C=Cc1ccccc1-c1ccccc1CN(c1ccccc1)c1ccc(-c2cccc(Nc3ccc(-c4ccccc4)cc3)c2)cc1. The van der Waals surface area contributed by atoms with Crippen molar-refractivity contribution in [3.8, 4) is 33.4 Å². The summed E-state index contributed by atoms with van der Waals surface area (Å²) in [5.41, 5.74) is 14.0. The zero-order valence-corrected chi connectivity index (χ0v) is 30.5. The number of para-hydroxylation sites is 1. The van der Waals surface area contributed by atoms with Crippen LogP contribution in [0.25, 0.3) is 39.5 Å². The molecule has 2 heteroatoms. The third-order valence-electron chi connectivity index (χ3n) is 9.25. The fourth-order valence-electron chi connectivity index (χ4n) is 6.10. The maximum absolute atomic E-state index is 4.06. The first-order chi connectivity index (χ1) is 26.2. The normalized spacial score (nSPS) is 12.2. The lowest BCUT2D eigenvalue weighted by atomic mass is 9.95. The summed E-state index contributed by atoms with van der Waals surface area (Å²) < 4.78 is 0. The first-order valence-electron chi connectivity index (χ1n) is 19.0.